The van der Waals surface area contributed by atoms with E-state index in [9.17, 15) is 4.39 Å². The highest BCUT2D eigenvalue weighted by Crippen LogP contribution is 2.17. The van der Waals surface area contributed by atoms with Gasteiger partial charge in [0.05, 0.1) is 16.6 Å². The Labute approximate surface area is 85.4 Å². The quantitative estimate of drug-likeness (QED) is 0.519. The molecule has 2 aromatic carbocycles. The zero-order valence-electron chi connectivity index (χ0n) is 7.81. The number of hydrogen-bond donors (Lipinski definition) is 0. The number of nitrogens with zero attached hydrogens (tertiary/aromatic N) is 2. The van der Waals surface area contributed by atoms with Gasteiger partial charge in [0, 0.05) is 0 Å². The minimum Gasteiger partial charge on any atom is -0.244 e. The summed E-state index contributed by atoms with van der Waals surface area (Å²) in [6.45, 7) is 0. The number of halogens is 1. The van der Waals surface area contributed by atoms with E-state index in [1.54, 1.807) is 12.1 Å². The third kappa shape index (κ3) is 1.24. The second-order valence-corrected chi connectivity index (χ2v) is 3.32. The monoisotopic (exact) mass is 198 g/mol. The molecule has 0 spiro atoms. The Morgan fingerprint density at radius 3 is 2.20 bits per heavy atom. The lowest BCUT2D eigenvalue weighted by molar-refractivity contribution is 0.637. The van der Waals surface area contributed by atoms with Crippen molar-refractivity contribution in [1.29, 1.82) is 0 Å². The van der Waals surface area contributed by atoms with Crippen LogP contribution >= 0.6 is 0 Å². The van der Waals surface area contributed by atoms with Crippen molar-refractivity contribution >= 4 is 22.1 Å². The van der Waals surface area contributed by atoms with Gasteiger partial charge in [-0.25, -0.2) is 14.4 Å². The van der Waals surface area contributed by atoms with Gasteiger partial charge in [0.15, 0.2) is 5.82 Å². The van der Waals surface area contributed by atoms with E-state index in [1.807, 2.05) is 24.3 Å². The molecule has 0 N–H and O–H groups in total. The first-order valence-electron chi connectivity index (χ1n) is 4.65. The van der Waals surface area contributed by atoms with Crippen LogP contribution in [0.5, 0.6) is 0 Å². The van der Waals surface area contributed by atoms with E-state index in [2.05, 4.69) is 9.97 Å². The highest BCUT2D eigenvalue weighted by atomic mass is 19.1. The van der Waals surface area contributed by atoms with Gasteiger partial charge >= 0.3 is 0 Å². The summed E-state index contributed by atoms with van der Waals surface area (Å²) >= 11 is 0. The molecule has 0 unspecified atom stereocenters. The number of fused-ring (bicyclic) bond motifs is 2. The van der Waals surface area contributed by atoms with Gasteiger partial charge in [0.2, 0.25) is 0 Å². The van der Waals surface area contributed by atoms with Crippen molar-refractivity contribution in [1.82, 2.24) is 9.97 Å². The molecule has 1 aromatic heterocycles. The molecule has 1 heterocycles. The van der Waals surface area contributed by atoms with Crippen LogP contribution in [0.1, 0.15) is 0 Å². The summed E-state index contributed by atoms with van der Waals surface area (Å²) in [7, 11) is 0. The maximum absolute atomic E-state index is 13.4. The first kappa shape index (κ1) is 8.29. The molecule has 72 valence electrons. The normalized spacial score (nSPS) is 11.0. The Kier molecular flexibility index (Phi) is 1.65. The molecule has 0 atom stereocenters. The predicted octanol–water partition coefficient (Wildman–Crippen LogP) is 2.92. The van der Waals surface area contributed by atoms with Crippen molar-refractivity contribution in [2.45, 2.75) is 0 Å². The summed E-state index contributed by atoms with van der Waals surface area (Å²) in [5, 5.41) is 0. The topological polar surface area (TPSA) is 25.8 Å². The third-order valence-electron chi connectivity index (χ3n) is 2.32. The highest BCUT2D eigenvalue weighted by molar-refractivity contribution is 5.86. The molecule has 0 saturated carbocycles. The molecule has 3 aromatic rings. The van der Waals surface area contributed by atoms with Gasteiger partial charge in [0.25, 0.3) is 0 Å². The Morgan fingerprint density at radius 1 is 0.733 bits per heavy atom. The highest BCUT2D eigenvalue weighted by Gasteiger charge is 2.04. The minimum atomic E-state index is -0.328. The van der Waals surface area contributed by atoms with E-state index in [1.165, 1.54) is 6.07 Å². The summed E-state index contributed by atoms with van der Waals surface area (Å²) in [6.07, 6.45) is 0. The summed E-state index contributed by atoms with van der Waals surface area (Å²) in [6, 6.07) is 12.2. The Balaban J connectivity index is 2.53. The molecule has 0 amide bonds. The molecular weight excluding hydrogens is 191 g/mol. The van der Waals surface area contributed by atoms with Crippen LogP contribution < -0.4 is 0 Å². The molecule has 3 heteroatoms. The maximum Gasteiger partial charge on any atom is 0.151 e. The Morgan fingerprint density at radius 2 is 1.40 bits per heavy atom. The van der Waals surface area contributed by atoms with Gasteiger partial charge in [-0.2, -0.15) is 0 Å². The van der Waals surface area contributed by atoms with E-state index in [-0.39, 0.29) is 5.82 Å². The van der Waals surface area contributed by atoms with Gasteiger partial charge in [-0.15, -0.1) is 0 Å². The number of benzene rings is 2. The number of rotatable bonds is 0. The standard InChI is InChI=1S/C12H7FN2/c13-8-4-3-7-11-12(8)15-10-6-2-1-5-9(10)14-11/h1-7H. The van der Waals surface area contributed by atoms with Crippen molar-refractivity contribution in [2.24, 2.45) is 0 Å². The Bertz CT molecular complexity index is 649. The van der Waals surface area contributed by atoms with E-state index in [0.717, 1.165) is 11.0 Å². The smallest absolute Gasteiger partial charge is 0.151 e. The molecule has 0 fully saturated rings. The molecule has 0 aliphatic rings. The summed E-state index contributed by atoms with van der Waals surface area (Å²) < 4.78 is 13.4. The van der Waals surface area contributed by atoms with Crippen LogP contribution in [0.15, 0.2) is 42.5 Å². The van der Waals surface area contributed by atoms with Crippen molar-refractivity contribution < 1.29 is 4.39 Å². The van der Waals surface area contributed by atoms with Crippen LogP contribution in [-0.4, -0.2) is 9.97 Å². The van der Waals surface area contributed by atoms with Crippen LogP contribution in [0.3, 0.4) is 0 Å². The van der Waals surface area contributed by atoms with Gasteiger partial charge in [-0.1, -0.05) is 18.2 Å². The van der Waals surface area contributed by atoms with Crippen molar-refractivity contribution in [3.63, 3.8) is 0 Å². The molecular formula is C12H7FN2. The van der Waals surface area contributed by atoms with Gasteiger partial charge in [-0.3, -0.25) is 0 Å². The molecule has 0 radical (unpaired) electrons. The van der Waals surface area contributed by atoms with Crippen molar-refractivity contribution in [3.8, 4) is 0 Å². The van der Waals surface area contributed by atoms with Crippen LogP contribution in [0.2, 0.25) is 0 Å². The fourth-order valence-electron chi connectivity index (χ4n) is 1.61. The lowest BCUT2D eigenvalue weighted by Gasteiger charge is -2.00. The average Bonchev–Trinajstić information content (AvgIpc) is 2.27. The second-order valence-electron chi connectivity index (χ2n) is 3.32. The molecule has 0 aliphatic carbocycles. The third-order valence-corrected chi connectivity index (χ3v) is 2.32. The SMILES string of the molecule is Fc1cccc2nc3ccccc3nc12. The number of hydrogen-bond acceptors (Lipinski definition) is 2. The molecule has 3 rings (SSSR count). The number of para-hydroxylation sites is 3. The molecule has 0 saturated heterocycles. The van der Waals surface area contributed by atoms with Crippen LogP contribution in [0.4, 0.5) is 4.39 Å². The van der Waals surface area contributed by atoms with Crippen molar-refractivity contribution in [2.75, 3.05) is 0 Å². The minimum absolute atomic E-state index is 0.328. The molecule has 0 bridgehead atoms. The first-order chi connectivity index (χ1) is 7.34. The maximum atomic E-state index is 13.4. The lowest BCUT2D eigenvalue weighted by atomic mass is 10.2. The Hall–Kier alpha value is -2.03. The molecule has 2 nitrogen and oxygen atoms in total. The zero-order valence-corrected chi connectivity index (χ0v) is 7.81. The predicted molar refractivity (Wildman–Crippen MR) is 57.0 cm³/mol. The fourth-order valence-corrected chi connectivity index (χ4v) is 1.61. The lowest BCUT2D eigenvalue weighted by Crippen LogP contribution is -1.89. The van der Waals surface area contributed by atoms with E-state index >= 15 is 0 Å². The van der Waals surface area contributed by atoms with E-state index in [4.69, 9.17) is 0 Å². The van der Waals surface area contributed by atoms with Crippen LogP contribution in [-0.2, 0) is 0 Å². The average molecular weight is 198 g/mol. The largest absolute Gasteiger partial charge is 0.244 e. The van der Waals surface area contributed by atoms with Crippen LogP contribution in [0, 0.1) is 5.82 Å². The molecule has 15 heavy (non-hydrogen) atoms. The van der Waals surface area contributed by atoms with Gasteiger partial charge in [-0.05, 0) is 24.3 Å². The summed E-state index contributed by atoms with van der Waals surface area (Å²) in [5.41, 5.74) is 2.43. The van der Waals surface area contributed by atoms with Gasteiger partial charge in [0.1, 0.15) is 5.52 Å². The number of aromatic nitrogens is 2. The molecule has 0 aliphatic heterocycles. The first-order valence-corrected chi connectivity index (χ1v) is 4.65. The summed E-state index contributed by atoms with van der Waals surface area (Å²) in [5.74, 6) is -0.328. The van der Waals surface area contributed by atoms with E-state index < -0.39 is 0 Å². The van der Waals surface area contributed by atoms with Crippen molar-refractivity contribution in [3.05, 3.63) is 48.3 Å². The van der Waals surface area contributed by atoms with Gasteiger partial charge < -0.3 is 0 Å². The zero-order chi connectivity index (χ0) is 10.3. The van der Waals surface area contributed by atoms with Crippen LogP contribution in [0.25, 0.3) is 22.1 Å². The fraction of sp³-hybridized carbons (Fsp3) is 0. The second kappa shape index (κ2) is 2.98. The summed E-state index contributed by atoms with van der Waals surface area (Å²) in [4.78, 5) is 8.58. The van der Waals surface area contributed by atoms with E-state index in [0.29, 0.717) is 11.0 Å².